The Morgan fingerprint density at radius 1 is 1.40 bits per heavy atom. The summed E-state index contributed by atoms with van der Waals surface area (Å²) in [7, 11) is 0. The van der Waals surface area contributed by atoms with Crippen LogP contribution < -0.4 is 0 Å². The van der Waals surface area contributed by atoms with Gasteiger partial charge in [-0.15, -0.1) is 0 Å². The lowest BCUT2D eigenvalue weighted by molar-refractivity contribution is 0.666. The van der Waals surface area contributed by atoms with E-state index in [0.717, 1.165) is 6.42 Å². The van der Waals surface area contributed by atoms with Gasteiger partial charge in [0, 0.05) is 11.8 Å². The SMILES string of the molecule is C=C1CC(=C)[C@H](C)C2=C1C(CC)C(C)=C2. The molecule has 0 fully saturated rings. The number of allylic oxidation sites excluding steroid dienone is 6. The second-order valence-electron chi connectivity index (χ2n) is 4.88. The van der Waals surface area contributed by atoms with Crippen LogP contribution in [0.25, 0.3) is 0 Å². The van der Waals surface area contributed by atoms with Gasteiger partial charge in [-0.05, 0) is 36.5 Å². The molecule has 0 bridgehead atoms. The summed E-state index contributed by atoms with van der Waals surface area (Å²) in [6.07, 6.45) is 4.56. The minimum Gasteiger partial charge on any atom is -0.0989 e. The van der Waals surface area contributed by atoms with Crippen molar-refractivity contribution in [1.82, 2.24) is 0 Å². The van der Waals surface area contributed by atoms with E-state index in [2.05, 4.69) is 40.0 Å². The standard InChI is InChI=1S/C15H20/c1-6-13-10(3)8-14-12(5)9(2)7-11(4)15(13)14/h8,12-13H,2,4,6-7H2,1,3,5H3/t12-,13?/m0/s1. The highest BCUT2D eigenvalue weighted by Crippen LogP contribution is 2.47. The topological polar surface area (TPSA) is 0 Å². The average Bonchev–Trinajstić information content (AvgIpc) is 2.52. The van der Waals surface area contributed by atoms with Gasteiger partial charge < -0.3 is 0 Å². The van der Waals surface area contributed by atoms with Crippen molar-refractivity contribution in [1.29, 1.82) is 0 Å². The van der Waals surface area contributed by atoms with E-state index in [-0.39, 0.29) is 0 Å². The maximum Gasteiger partial charge on any atom is 0.00515 e. The van der Waals surface area contributed by atoms with E-state index in [0.29, 0.717) is 11.8 Å². The van der Waals surface area contributed by atoms with Crippen molar-refractivity contribution in [3.05, 3.63) is 47.1 Å². The fourth-order valence-electron chi connectivity index (χ4n) is 2.93. The van der Waals surface area contributed by atoms with Crippen LogP contribution in [0.2, 0.25) is 0 Å². The van der Waals surface area contributed by atoms with Crippen LogP contribution in [0, 0.1) is 11.8 Å². The van der Waals surface area contributed by atoms with E-state index in [4.69, 9.17) is 0 Å². The molecule has 80 valence electrons. The van der Waals surface area contributed by atoms with Crippen LogP contribution in [-0.4, -0.2) is 0 Å². The van der Waals surface area contributed by atoms with Crippen molar-refractivity contribution >= 4 is 0 Å². The number of hydrogen-bond donors (Lipinski definition) is 0. The molecule has 2 aliphatic carbocycles. The Labute approximate surface area is 93.1 Å². The molecule has 0 aromatic heterocycles. The summed E-state index contributed by atoms with van der Waals surface area (Å²) >= 11 is 0. The van der Waals surface area contributed by atoms with Crippen LogP contribution in [-0.2, 0) is 0 Å². The van der Waals surface area contributed by atoms with Gasteiger partial charge in [0.15, 0.2) is 0 Å². The van der Waals surface area contributed by atoms with Gasteiger partial charge in [-0.25, -0.2) is 0 Å². The maximum atomic E-state index is 4.22. The highest BCUT2D eigenvalue weighted by Gasteiger charge is 2.32. The smallest absolute Gasteiger partial charge is 0.00515 e. The molecule has 0 saturated heterocycles. The third-order valence-electron chi connectivity index (χ3n) is 3.90. The first-order chi connectivity index (χ1) is 7.06. The Balaban J connectivity index is 2.49. The zero-order chi connectivity index (χ0) is 11.2. The van der Waals surface area contributed by atoms with Crippen molar-refractivity contribution in [2.24, 2.45) is 11.8 Å². The summed E-state index contributed by atoms with van der Waals surface area (Å²) in [5.74, 6) is 1.15. The Morgan fingerprint density at radius 2 is 2.07 bits per heavy atom. The number of hydrogen-bond acceptors (Lipinski definition) is 0. The molecule has 0 heteroatoms. The van der Waals surface area contributed by atoms with E-state index in [9.17, 15) is 0 Å². The summed E-state index contributed by atoms with van der Waals surface area (Å²) in [5, 5.41) is 0. The van der Waals surface area contributed by atoms with Crippen LogP contribution in [0.1, 0.15) is 33.6 Å². The summed E-state index contributed by atoms with van der Waals surface area (Å²) in [5.41, 5.74) is 7.13. The molecule has 0 aromatic rings. The molecule has 15 heavy (non-hydrogen) atoms. The van der Waals surface area contributed by atoms with E-state index < -0.39 is 0 Å². The zero-order valence-electron chi connectivity index (χ0n) is 10.1. The van der Waals surface area contributed by atoms with E-state index in [1.165, 1.54) is 34.3 Å². The molecule has 0 aromatic carbocycles. The van der Waals surface area contributed by atoms with Crippen LogP contribution in [0.3, 0.4) is 0 Å². The first kappa shape index (κ1) is 10.5. The van der Waals surface area contributed by atoms with Gasteiger partial charge in [-0.3, -0.25) is 0 Å². The molecule has 0 heterocycles. The van der Waals surface area contributed by atoms with Crippen LogP contribution in [0.15, 0.2) is 47.1 Å². The van der Waals surface area contributed by atoms with Crippen molar-refractivity contribution in [3.63, 3.8) is 0 Å². The molecule has 0 nitrogen and oxygen atoms in total. The third-order valence-corrected chi connectivity index (χ3v) is 3.90. The summed E-state index contributed by atoms with van der Waals surface area (Å²) in [6.45, 7) is 15.2. The van der Waals surface area contributed by atoms with Gasteiger partial charge in [-0.2, -0.15) is 0 Å². The minimum absolute atomic E-state index is 0.525. The predicted molar refractivity (Wildman–Crippen MR) is 66.6 cm³/mol. The van der Waals surface area contributed by atoms with Gasteiger partial charge in [0.05, 0.1) is 0 Å². The molecule has 0 N–H and O–H groups in total. The number of rotatable bonds is 1. The monoisotopic (exact) mass is 200 g/mol. The van der Waals surface area contributed by atoms with E-state index in [1.54, 1.807) is 0 Å². The largest absolute Gasteiger partial charge is 0.0989 e. The van der Waals surface area contributed by atoms with E-state index in [1.807, 2.05) is 0 Å². The lowest BCUT2D eigenvalue weighted by atomic mass is 9.76. The Kier molecular flexibility index (Phi) is 2.46. The van der Waals surface area contributed by atoms with E-state index >= 15 is 0 Å². The molecule has 2 aliphatic rings. The van der Waals surface area contributed by atoms with Crippen LogP contribution >= 0.6 is 0 Å². The Hall–Kier alpha value is -1.04. The Bertz CT molecular complexity index is 390. The molecule has 0 amide bonds. The van der Waals surface area contributed by atoms with Crippen molar-refractivity contribution in [3.8, 4) is 0 Å². The second kappa shape index (κ2) is 3.52. The van der Waals surface area contributed by atoms with Gasteiger partial charge >= 0.3 is 0 Å². The van der Waals surface area contributed by atoms with Crippen LogP contribution in [0.4, 0.5) is 0 Å². The molecule has 0 spiro atoms. The highest BCUT2D eigenvalue weighted by atomic mass is 14.4. The lowest BCUT2D eigenvalue weighted by Crippen LogP contribution is -2.14. The first-order valence-electron chi connectivity index (χ1n) is 5.84. The zero-order valence-corrected chi connectivity index (χ0v) is 10.1. The van der Waals surface area contributed by atoms with Crippen molar-refractivity contribution in [2.75, 3.05) is 0 Å². The van der Waals surface area contributed by atoms with Gasteiger partial charge in [-0.1, -0.05) is 44.2 Å². The van der Waals surface area contributed by atoms with Gasteiger partial charge in [0.1, 0.15) is 0 Å². The molecule has 2 rings (SSSR count). The lowest BCUT2D eigenvalue weighted by Gasteiger charge is -2.28. The van der Waals surface area contributed by atoms with Crippen LogP contribution in [0.5, 0.6) is 0 Å². The average molecular weight is 200 g/mol. The summed E-state index contributed by atoms with van der Waals surface area (Å²) in [6, 6.07) is 0. The molecular formula is C15H20. The molecule has 1 unspecified atom stereocenters. The Morgan fingerprint density at radius 3 is 2.67 bits per heavy atom. The summed E-state index contributed by atoms with van der Waals surface area (Å²) in [4.78, 5) is 0. The molecule has 0 radical (unpaired) electrons. The van der Waals surface area contributed by atoms with Gasteiger partial charge in [0.2, 0.25) is 0 Å². The summed E-state index contributed by atoms with van der Waals surface area (Å²) < 4.78 is 0. The quantitative estimate of drug-likeness (QED) is 0.550. The normalized spacial score (nSPS) is 30.7. The fraction of sp³-hybridized carbons (Fsp3) is 0.467. The maximum absolute atomic E-state index is 4.22. The predicted octanol–water partition coefficient (Wildman–Crippen LogP) is 4.42. The third kappa shape index (κ3) is 1.43. The fourth-order valence-corrected chi connectivity index (χ4v) is 2.93. The van der Waals surface area contributed by atoms with Crippen molar-refractivity contribution < 1.29 is 0 Å². The molecule has 0 aliphatic heterocycles. The molecule has 0 saturated carbocycles. The highest BCUT2D eigenvalue weighted by molar-refractivity contribution is 5.56. The first-order valence-corrected chi connectivity index (χ1v) is 5.84. The molecular weight excluding hydrogens is 180 g/mol. The second-order valence-corrected chi connectivity index (χ2v) is 4.88. The van der Waals surface area contributed by atoms with Crippen molar-refractivity contribution in [2.45, 2.75) is 33.6 Å². The van der Waals surface area contributed by atoms with Gasteiger partial charge in [0.25, 0.3) is 0 Å². The minimum atomic E-state index is 0.525. The molecule has 2 atom stereocenters.